The van der Waals surface area contributed by atoms with E-state index in [0.717, 1.165) is 25.9 Å². The highest BCUT2D eigenvalue weighted by Crippen LogP contribution is 2.44. The van der Waals surface area contributed by atoms with E-state index in [1.807, 2.05) is 47.3 Å². The van der Waals surface area contributed by atoms with E-state index in [2.05, 4.69) is 11.5 Å². The van der Waals surface area contributed by atoms with Gasteiger partial charge in [0.2, 0.25) is 0 Å². The van der Waals surface area contributed by atoms with Gasteiger partial charge in [-0.3, -0.25) is 15.2 Å². The zero-order valence-electron chi connectivity index (χ0n) is 17.3. The molecule has 3 aliphatic rings. The van der Waals surface area contributed by atoms with Gasteiger partial charge in [0.25, 0.3) is 5.91 Å². The Bertz CT molecular complexity index is 981. The van der Waals surface area contributed by atoms with E-state index < -0.39 is 5.54 Å². The minimum absolute atomic E-state index is 0.172. The molecular weight excluding hydrogens is 455 g/mol. The Labute approximate surface area is 198 Å². The van der Waals surface area contributed by atoms with Crippen molar-refractivity contribution < 1.29 is 4.79 Å². The lowest BCUT2D eigenvalue weighted by Crippen LogP contribution is -2.51. The first kappa shape index (κ1) is 22.4. The van der Waals surface area contributed by atoms with E-state index in [4.69, 9.17) is 39.9 Å². The summed E-state index contributed by atoms with van der Waals surface area (Å²) in [6.45, 7) is 3.75. The zero-order valence-corrected chi connectivity index (χ0v) is 19.6. The number of hydrogen-bond donors (Lipinski definition) is 1. The van der Waals surface area contributed by atoms with Gasteiger partial charge in [-0.15, -0.1) is 0 Å². The van der Waals surface area contributed by atoms with Crippen LogP contribution < -0.4 is 10.4 Å². The second kappa shape index (κ2) is 9.37. The standard InChI is InChI=1S/C23H25Cl3N4O/c1-16-21(22(31)28-29-13-3-2-4-14-29)27-30(20-10-9-18(25)15-19(20)26)23(16)11-5-7-17(24)8-6-12-23/h5-11,15-16H,2-4,12-14H2,1H3,(H,28,31)/b8-6-,11-5+,17-7+/t16-,23?/m1/s1. The zero-order chi connectivity index (χ0) is 22.0. The topological polar surface area (TPSA) is 47.9 Å². The molecule has 1 fully saturated rings. The summed E-state index contributed by atoms with van der Waals surface area (Å²) in [5.41, 5.74) is 3.63. The van der Waals surface area contributed by atoms with Crippen molar-refractivity contribution in [2.24, 2.45) is 11.0 Å². The molecule has 8 heteroatoms. The molecule has 1 aromatic rings. The summed E-state index contributed by atoms with van der Waals surface area (Å²) in [5, 5.41) is 10.3. The summed E-state index contributed by atoms with van der Waals surface area (Å²) in [6.07, 6.45) is 13.7. The highest BCUT2D eigenvalue weighted by Gasteiger charge is 2.49. The fourth-order valence-corrected chi connectivity index (χ4v) is 5.01. The van der Waals surface area contributed by atoms with Crippen LogP contribution in [0.2, 0.25) is 10.0 Å². The molecule has 1 aromatic carbocycles. The predicted molar refractivity (Wildman–Crippen MR) is 129 cm³/mol. The monoisotopic (exact) mass is 478 g/mol. The number of piperidine rings is 1. The molecule has 2 atom stereocenters. The molecule has 1 amide bonds. The minimum atomic E-state index is -0.601. The van der Waals surface area contributed by atoms with Gasteiger partial charge in [0.15, 0.2) is 0 Å². The van der Waals surface area contributed by atoms with Crippen molar-refractivity contribution in [2.75, 3.05) is 18.1 Å². The first-order valence-corrected chi connectivity index (χ1v) is 11.7. The molecular formula is C23H25Cl3N4O. The van der Waals surface area contributed by atoms with E-state index in [1.165, 1.54) is 6.42 Å². The van der Waals surface area contributed by atoms with Crippen LogP contribution >= 0.6 is 34.8 Å². The SMILES string of the molecule is C[C@@H]1C(C(=O)NN2CCCCC2)=NN(c2ccc(Cl)cc2Cl)C12/C=C/C=C(Cl)\C=C/C2. The van der Waals surface area contributed by atoms with Crippen LogP contribution in [0.15, 0.2) is 58.7 Å². The van der Waals surface area contributed by atoms with Gasteiger partial charge in [-0.1, -0.05) is 66.4 Å². The third-order valence-corrected chi connectivity index (χ3v) is 6.90. The quantitative estimate of drug-likeness (QED) is 0.605. The maximum Gasteiger partial charge on any atom is 0.282 e. The van der Waals surface area contributed by atoms with E-state index in [0.29, 0.717) is 32.9 Å². The van der Waals surface area contributed by atoms with Crippen LogP contribution in [0.1, 0.15) is 32.6 Å². The van der Waals surface area contributed by atoms with Crippen LogP contribution in [0, 0.1) is 5.92 Å². The number of carbonyl (C=O) groups excluding carboxylic acids is 1. The molecule has 4 rings (SSSR count). The van der Waals surface area contributed by atoms with Crippen molar-refractivity contribution in [3.63, 3.8) is 0 Å². The third-order valence-electron chi connectivity index (χ3n) is 6.11. The number of carbonyl (C=O) groups is 1. The Morgan fingerprint density at radius 3 is 2.71 bits per heavy atom. The molecule has 1 unspecified atom stereocenters. The Kier molecular flexibility index (Phi) is 6.77. The maximum atomic E-state index is 13.2. The van der Waals surface area contributed by atoms with Crippen LogP contribution in [-0.4, -0.2) is 35.3 Å². The Balaban J connectivity index is 1.73. The molecule has 164 valence electrons. The first-order chi connectivity index (χ1) is 14.9. The maximum absolute atomic E-state index is 13.2. The summed E-state index contributed by atoms with van der Waals surface area (Å²) in [4.78, 5) is 13.2. The highest BCUT2D eigenvalue weighted by atomic mass is 35.5. The van der Waals surface area contributed by atoms with Crippen LogP contribution in [0.5, 0.6) is 0 Å². The molecule has 0 bridgehead atoms. The van der Waals surface area contributed by atoms with E-state index in [1.54, 1.807) is 12.1 Å². The predicted octanol–water partition coefficient (Wildman–Crippen LogP) is 5.70. The fourth-order valence-electron chi connectivity index (χ4n) is 4.36. The van der Waals surface area contributed by atoms with Crippen LogP contribution in [-0.2, 0) is 4.79 Å². The van der Waals surface area contributed by atoms with E-state index in [9.17, 15) is 4.79 Å². The van der Waals surface area contributed by atoms with Crippen molar-refractivity contribution in [1.82, 2.24) is 10.4 Å². The van der Waals surface area contributed by atoms with Crippen LogP contribution in [0.4, 0.5) is 5.69 Å². The molecule has 0 saturated carbocycles. The Morgan fingerprint density at radius 2 is 1.97 bits per heavy atom. The van der Waals surface area contributed by atoms with Crippen molar-refractivity contribution in [3.8, 4) is 0 Å². The second-order valence-electron chi connectivity index (χ2n) is 8.11. The second-order valence-corrected chi connectivity index (χ2v) is 9.39. The van der Waals surface area contributed by atoms with Crippen molar-refractivity contribution in [2.45, 2.75) is 38.1 Å². The molecule has 5 nitrogen and oxygen atoms in total. The number of rotatable bonds is 3. The molecule has 1 saturated heterocycles. The number of amides is 1. The summed E-state index contributed by atoms with van der Waals surface area (Å²) in [6, 6.07) is 5.31. The number of benzene rings is 1. The fraction of sp³-hybridized carbons (Fsp3) is 0.391. The molecule has 0 radical (unpaired) electrons. The van der Waals surface area contributed by atoms with Crippen molar-refractivity contribution >= 4 is 52.1 Å². The average Bonchev–Trinajstić information content (AvgIpc) is 3.00. The van der Waals surface area contributed by atoms with Gasteiger partial charge in [-0.25, -0.2) is 5.01 Å². The number of allylic oxidation sites excluding steroid dienone is 4. The summed E-state index contributed by atoms with van der Waals surface area (Å²) >= 11 is 18.9. The van der Waals surface area contributed by atoms with Gasteiger partial charge in [-0.05, 0) is 49.6 Å². The van der Waals surface area contributed by atoms with Gasteiger partial charge in [-0.2, -0.15) is 5.10 Å². The Hall–Kier alpha value is -1.79. The number of nitrogens with zero attached hydrogens (tertiary/aromatic N) is 3. The van der Waals surface area contributed by atoms with Gasteiger partial charge >= 0.3 is 0 Å². The van der Waals surface area contributed by atoms with Gasteiger partial charge in [0, 0.05) is 29.1 Å². The number of anilines is 1. The Morgan fingerprint density at radius 1 is 1.19 bits per heavy atom. The van der Waals surface area contributed by atoms with Gasteiger partial charge < -0.3 is 0 Å². The molecule has 2 aliphatic heterocycles. The van der Waals surface area contributed by atoms with E-state index >= 15 is 0 Å². The average molecular weight is 480 g/mol. The number of hydrazone groups is 1. The normalized spacial score (nSPS) is 30.2. The van der Waals surface area contributed by atoms with Gasteiger partial charge in [0.05, 0.1) is 16.2 Å². The molecule has 1 N–H and O–H groups in total. The molecule has 0 aromatic heterocycles. The summed E-state index contributed by atoms with van der Waals surface area (Å²) in [5.74, 6) is -0.357. The number of halogens is 3. The van der Waals surface area contributed by atoms with Crippen molar-refractivity contribution in [1.29, 1.82) is 0 Å². The molecule has 31 heavy (non-hydrogen) atoms. The molecule has 1 aliphatic carbocycles. The minimum Gasteiger partial charge on any atom is -0.284 e. The smallest absolute Gasteiger partial charge is 0.282 e. The van der Waals surface area contributed by atoms with E-state index in [-0.39, 0.29) is 11.8 Å². The highest BCUT2D eigenvalue weighted by molar-refractivity contribution is 6.41. The summed E-state index contributed by atoms with van der Waals surface area (Å²) < 4.78 is 0. The van der Waals surface area contributed by atoms with Crippen molar-refractivity contribution in [3.05, 3.63) is 63.7 Å². The molecule has 1 spiro atoms. The van der Waals surface area contributed by atoms with Crippen LogP contribution in [0.3, 0.4) is 0 Å². The molecule has 2 heterocycles. The van der Waals surface area contributed by atoms with Crippen LogP contribution in [0.25, 0.3) is 0 Å². The third kappa shape index (κ3) is 4.56. The van der Waals surface area contributed by atoms with Gasteiger partial charge in [0.1, 0.15) is 5.71 Å². The lowest BCUT2D eigenvalue weighted by Gasteiger charge is -2.38. The summed E-state index contributed by atoms with van der Waals surface area (Å²) in [7, 11) is 0. The number of hydrazine groups is 1. The lowest BCUT2D eigenvalue weighted by atomic mass is 9.78. The first-order valence-electron chi connectivity index (χ1n) is 10.5. The number of nitrogens with one attached hydrogen (secondary N) is 1. The number of hydrogen-bond acceptors (Lipinski definition) is 4. The lowest BCUT2D eigenvalue weighted by molar-refractivity contribution is -0.120. The largest absolute Gasteiger partial charge is 0.284 e.